The first-order valence-corrected chi connectivity index (χ1v) is 9.68. The van der Waals surface area contributed by atoms with Gasteiger partial charge in [-0.3, -0.25) is 9.59 Å². The summed E-state index contributed by atoms with van der Waals surface area (Å²) in [5, 5.41) is 0.674. The van der Waals surface area contributed by atoms with E-state index in [1.54, 1.807) is 55.5 Å². The first kappa shape index (κ1) is 18.4. The van der Waals surface area contributed by atoms with Gasteiger partial charge in [0.05, 0.1) is 18.6 Å². The van der Waals surface area contributed by atoms with Crippen molar-refractivity contribution in [1.82, 2.24) is 0 Å². The minimum absolute atomic E-state index is 0.0901. The van der Waals surface area contributed by atoms with E-state index < -0.39 is 18.6 Å². The maximum atomic E-state index is 13.6. The highest BCUT2D eigenvalue weighted by Crippen LogP contribution is 2.49. The third kappa shape index (κ3) is 3.77. The van der Waals surface area contributed by atoms with Crippen LogP contribution in [0.25, 0.3) is 0 Å². The van der Waals surface area contributed by atoms with E-state index in [9.17, 15) is 14.2 Å². The zero-order valence-corrected chi connectivity index (χ0v) is 15.1. The van der Waals surface area contributed by atoms with Crippen LogP contribution >= 0.6 is 18.7 Å². The van der Waals surface area contributed by atoms with Crippen molar-refractivity contribution >= 4 is 35.5 Å². The van der Waals surface area contributed by atoms with Crippen LogP contribution in [-0.4, -0.2) is 24.8 Å². The average molecular weight is 365 g/mol. The van der Waals surface area contributed by atoms with Gasteiger partial charge in [-0.25, -0.2) is 0 Å². The Kier molecular flexibility index (Phi) is 5.98. The number of aryl methyl sites for hydroxylation is 1. The number of carbonyl (C=O) groups is 2. The van der Waals surface area contributed by atoms with E-state index in [-0.39, 0.29) is 23.2 Å². The maximum absolute atomic E-state index is 13.6. The number of carbonyl (C=O) groups excluding carboxylic acids is 2. The molecule has 0 radical (unpaired) electrons. The van der Waals surface area contributed by atoms with Crippen LogP contribution in [0.3, 0.4) is 0 Å². The Morgan fingerprint density at radius 3 is 2.33 bits per heavy atom. The van der Waals surface area contributed by atoms with Crippen molar-refractivity contribution in [1.29, 1.82) is 0 Å². The van der Waals surface area contributed by atoms with Gasteiger partial charge in [0, 0.05) is 17.0 Å². The fraction of sp³-hybridized carbons (Fsp3) is 0.222. The Morgan fingerprint density at radius 2 is 1.75 bits per heavy atom. The van der Waals surface area contributed by atoms with Gasteiger partial charge in [-0.05, 0) is 18.6 Å². The summed E-state index contributed by atoms with van der Waals surface area (Å²) in [6, 6.07) is 13.6. The largest absolute Gasteiger partial charge is 0.469 e. The van der Waals surface area contributed by atoms with E-state index in [0.717, 1.165) is 0 Å². The van der Waals surface area contributed by atoms with E-state index in [4.69, 9.17) is 11.6 Å². The fourth-order valence-corrected chi connectivity index (χ4v) is 5.33. The van der Waals surface area contributed by atoms with Crippen molar-refractivity contribution < 1.29 is 18.9 Å². The second-order valence-electron chi connectivity index (χ2n) is 5.36. The summed E-state index contributed by atoms with van der Waals surface area (Å²) in [6.07, 6.45) is -0.189. The first-order valence-electron chi connectivity index (χ1n) is 7.41. The van der Waals surface area contributed by atoms with Gasteiger partial charge in [0.15, 0.2) is 7.14 Å². The summed E-state index contributed by atoms with van der Waals surface area (Å²) in [4.78, 5) is 24.6. The molecular formula is C18H18ClO4P. The Labute approximate surface area is 146 Å². The number of ether oxygens (including phenoxy) is 1. The number of methoxy groups -OCH3 is 1. The van der Waals surface area contributed by atoms with E-state index >= 15 is 0 Å². The molecule has 4 nitrogen and oxygen atoms in total. The van der Waals surface area contributed by atoms with Crippen molar-refractivity contribution in [2.24, 2.45) is 0 Å². The highest BCUT2D eigenvalue weighted by molar-refractivity contribution is 7.87. The first-order chi connectivity index (χ1) is 11.4. The molecule has 6 heteroatoms. The molecule has 0 aliphatic rings. The standard InChI is InChI=1S/C18H18ClO4P/c1-13-7-6-10-15(19)17(13)18(21)24(22,12-11-16(20)23-2)14-8-4-3-5-9-14/h3-10H,11-12H2,1-2H3. The lowest BCUT2D eigenvalue weighted by atomic mass is 10.1. The van der Waals surface area contributed by atoms with Crippen molar-refractivity contribution in [3.05, 3.63) is 64.7 Å². The highest BCUT2D eigenvalue weighted by atomic mass is 35.5. The van der Waals surface area contributed by atoms with Crippen LogP contribution in [0.4, 0.5) is 0 Å². The van der Waals surface area contributed by atoms with Gasteiger partial charge in [-0.15, -0.1) is 0 Å². The summed E-state index contributed by atoms with van der Waals surface area (Å²) in [5.74, 6) is -0.505. The third-order valence-electron chi connectivity index (χ3n) is 3.80. The zero-order valence-electron chi connectivity index (χ0n) is 13.5. The Balaban J connectivity index is 2.52. The van der Waals surface area contributed by atoms with E-state index in [0.29, 0.717) is 10.9 Å². The summed E-state index contributed by atoms with van der Waals surface area (Å²) in [6.45, 7) is 1.74. The van der Waals surface area contributed by atoms with Gasteiger partial charge in [-0.2, -0.15) is 0 Å². The normalized spacial score (nSPS) is 13.1. The van der Waals surface area contributed by atoms with Gasteiger partial charge in [0.2, 0.25) is 5.52 Å². The van der Waals surface area contributed by atoms with Crippen LogP contribution in [0.1, 0.15) is 22.3 Å². The minimum atomic E-state index is -3.53. The van der Waals surface area contributed by atoms with E-state index in [1.807, 2.05) is 0 Å². The Bertz CT molecular complexity index is 782. The summed E-state index contributed by atoms with van der Waals surface area (Å²) in [7, 11) is -2.27. The molecule has 2 rings (SSSR count). The average Bonchev–Trinajstić information content (AvgIpc) is 2.59. The molecule has 0 fully saturated rings. The number of hydrogen-bond donors (Lipinski definition) is 0. The molecule has 0 spiro atoms. The molecule has 0 N–H and O–H groups in total. The molecule has 0 aliphatic heterocycles. The number of halogens is 1. The quantitative estimate of drug-likeness (QED) is 0.573. The third-order valence-corrected chi connectivity index (χ3v) is 6.98. The SMILES string of the molecule is COC(=O)CCP(=O)(C(=O)c1c(C)cccc1Cl)c1ccccc1. The van der Waals surface area contributed by atoms with E-state index in [1.165, 1.54) is 7.11 Å². The van der Waals surface area contributed by atoms with Crippen LogP contribution in [0, 0.1) is 6.92 Å². The van der Waals surface area contributed by atoms with Crippen LogP contribution in [-0.2, 0) is 14.1 Å². The molecule has 126 valence electrons. The van der Waals surface area contributed by atoms with Gasteiger partial charge in [0.25, 0.3) is 0 Å². The second-order valence-corrected chi connectivity index (χ2v) is 8.62. The monoisotopic (exact) mass is 364 g/mol. The molecule has 1 unspecified atom stereocenters. The Morgan fingerprint density at radius 1 is 1.08 bits per heavy atom. The number of hydrogen-bond acceptors (Lipinski definition) is 4. The molecule has 0 aromatic heterocycles. The van der Waals surface area contributed by atoms with Crippen LogP contribution in [0.5, 0.6) is 0 Å². The molecule has 2 aromatic rings. The van der Waals surface area contributed by atoms with Crippen LogP contribution in [0.2, 0.25) is 5.02 Å². The van der Waals surface area contributed by atoms with E-state index in [2.05, 4.69) is 4.74 Å². The fourth-order valence-electron chi connectivity index (χ4n) is 2.45. The lowest BCUT2D eigenvalue weighted by molar-refractivity contribution is -0.140. The molecule has 0 amide bonds. The van der Waals surface area contributed by atoms with Gasteiger partial charge in [0.1, 0.15) is 0 Å². The number of benzene rings is 2. The van der Waals surface area contributed by atoms with Crippen molar-refractivity contribution in [2.45, 2.75) is 13.3 Å². The van der Waals surface area contributed by atoms with Gasteiger partial charge >= 0.3 is 5.97 Å². The smallest absolute Gasteiger partial charge is 0.305 e. The van der Waals surface area contributed by atoms with Crippen molar-refractivity contribution in [2.75, 3.05) is 13.3 Å². The molecule has 0 saturated carbocycles. The number of esters is 1. The van der Waals surface area contributed by atoms with Crippen LogP contribution < -0.4 is 5.30 Å². The van der Waals surface area contributed by atoms with Crippen LogP contribution in [0.15, 0.2) is 48.5 Å². The molecule has 0 aliphatic carbocycles. The molecular weight excluding hydrogens is 347 g/mol. The molecule has 1 atom stereocenters. The predicted molar refractivity (Wildman–Crippen MR) is 95.7 cm³/mol. The van der Waals surface area contributed by atoms with Crippen molar-refractivity contribution in [3.8, 4) is 0 Å². The Hall–Kier alpha value is -1.90. The summed E-state index contributed by atoms with van der Waals surface area (Å²) >= 11 is 6.17. The topological polar surface area (TPSA) is 60.4 Å². The molecule has 0 heterocycles. The predicted octanol–water partition coefficient (Wildman–Crippen LogP) is 4.04. The lowest BCUT2D eigenvalue weighted by Gasteiger charge is -2.19. The second kappa shape index (κ2) is 7.78. The molecule has 24 heavy (non-hydrogen) atoms. The molecule has 0 saturated heterocycles. The van der Waals surface area contributed by atoms with Gasteiger partial charge in [-0.1, -0.05) is 54.1 Å². The summed E-state index contributed by atoms with van der Waals surface area (Å²) in [5.41, 5.74) is 0.374. The molecule has 2 aromatic carbocycles. The molecule has 0 bridgehead atoms. The maximum Gasteiger partial charge on any atom is 0.305 e. The zero-order chi connectivity index (χ0) is 17.7. The highest BCUT2D eigenvalue weighted by Gasteiger charge is 2.36. The van der Waals surface area contributed by atoms with Gasteiger partial charge < -0.3 is 9.30 Å². The minimum Gasteiger partial charge on any atom is -0.469 e. The summed E-state index contributed by atoms with van der Waals surface area (Å²) < 4.78 is 18.2. The van der Waals surface area contributed by atoms with Crippen molar-refractivity contribution in [3.63, 3.8) is 0 Å². The number of rotatable bonds is 6. The lowest BCUT2D eigenvalue weighted by Crippen LogP contribution is -2.19.